The molecule has 10 nitrogen and oxygen atoms in total. The van der Waals surface area contributed by atoms with Crippen LogP contribution in [0.3, 0.4) is 0 Å². The first-order chi connectivity index (χ1) is 14.9. The highest BCUT2D eigenvalue weighted by molar-refractivity contribution is 7.73. The highest BCUT2D eigenvalue weighted by Crippen LogP contribution is 2.13. The van der Waals surface area contributed by atoms with E-state index in [9.17, 15) is 19.7 Å². The van der Waals surface area contributed by atoms with Crippen LogP contribution in [0.25, 0.3) is 0 Å². The maximum absolute atomic E-state index is 12.8. The highest BCUT2D eigenvalue weighted by atomic mass is 32.1. The smallest absolute Gasteiger partial charge is 0.321 e. The second-order valence-corrected chi connectivity index (χ2v) is 8.07. The van der Waals surface area contributed by atoms with Crippen LogP contribution in [0.2, 0.25) is 0 Å². The van der Waals surface area contributed by atoms with Crippen molar-refractivity contribution < 1.29 is 14.5 Å². The van der Waals surface area contributed by atoms with Gasteiger partial charge in [-0.15, -0.1) is 5.10 Å². The van der Waals surface area contributed by atoms with Gasteiger partial charge in [-0.3, -0.25) is 25.3 Å². The lowest BCUT2D eigenvalue weighted by molar-refractivity contribution is -0.384. The highest BCUT2D eigenvalue weighted by Gasteiger charge is 2.22. The lowest BCUT2D eigenvalue weighted by atomic mass is 10.1. The fourth-order valence-electron chi connectivity index (χ4n) is 2.68. The molecular weight excluding hydrogens is 440 g/mol. The molecule has 0 bridgehead atoms. The molecular formula is C19H18N6O4S2. The number of benzene rings is 2. The lowest BCUT2D eigenvalue weighted by Gasteiger charge is -2.18. The van der Waals surface area contributed by atoms with Gasteiger partial charge >= 0.3 is 6.03 Å². The number of rotatable bonds is 8. The van der Waals surface area contributed by atoms with Crippen molar-refractivity contribution in [3.05, 3.63) is 79.8 Å². The molecule has 3 rings (SSSR count). The van der Waals surface area contributed by atoms with Crippen molar-refractivity contribution in [3.8, 4) is 0 Å². The molecule has 4 N–H and O–H groups in total. The summed E-state index contributed by atoms with van der Waals surface area (Å²) in [5.74, 6) is -0.396. The number of H-pyrrole nitrogens is 1. The Morgan fingerprint density at radius 2 is 1.84 bits per heavy atom. The number of nitro groups is 1. The van der Waals surface area contributed by atoms with E-state index >= 15 is 0 Å². The van der Waals surface area contributed by atoms with E-state index in [1.807, 2.05) is 30.3 Å². The molecule has 0 aliphatic carbocycles. The molecule has 0 saturated heterocycles. The molecule has 1 aromatic heterocycles. The molecule has 3 amide bonds. The van der Waals surface area contributed by atoms with Crippen molar-refractivity contribution >= 4 is 46.3 Å². The number of urea groups is 1. The number of hydrogen-bond acceptors (Lipinski definition) is 7. The molecule has 3 aromatic rings. The number of aromatic amines is 1. The van der Waals surface area contributed by atoms with Crippen molar-refractivity contribution in [2.24, 2.45) is 0 Å². The summed E-state index contributed by atoms with van der Waals surface area (Å²) >= 11 is 6.03. The second-order valence-electron chi connectivity index (χ2n) is 6.40. The average molecular weight is 459 g/mol. The van der Waals surface area contributed by atoms with Crippen LogP contribution in [-0.2, 0) is 17.8 Å². The number of nitrogens with zero attached hydrogens (tertiary/aromatic N) is 2. The number of amides is 3. The Hall–Kier alpha value is -3.64. The van der Waals surface area contributed by atoms with Crippen LogP contribution in [0.4, 0.5) is 15.6 Å². The average Bonchev–Trinajstić information content (AvgIpc) is 3.16. The second kappa shape index (κ2) is 10.4. The van der Waals surface area contributed by atoms with Gasteiger partial charge in [-0.25, -0.2) is 4.79 Å². The van der Waals surface area contributed by atoms with Crippen molar-refractivity contribution in [2.75, 3.05) is 5.32 Å². The van der Waals surface area contributed by atoms with E-state index in [0.717, 1.165) is 16.9 Å². The number of carbonyl (C=O) groups is 2. The Kier molecular flexibility index (Phi) is 7.40. The fraction of sp³-hybridized carbons (Fsp3) is 0.158. The summed E-state index contributed by atoms with van der Waals surface area (Å²) < 4.78 is 0.414. The van der Waals surface area contributed by atoms with Gasteiger partial charge in [0, 0.05) is 25.1 Å². The van der Waals surface area contributed by atoms with E-state index in [0.29, 0.717) is 9.52 Å². The maximum atomic E-state index is 12.8. The third-order valence-corrected chi connectivity index (χ3v) is 5.18. The molecule has 0 unspecified atom stereocenters. The number of aromatic nitrogens is 2. The number of non-ortho nitro benzene ring substituents is 1. The summed E-state index contributed by atoms with van der Waals surface area (Å²) in [6.07, 6.45) is 0.274. The minimum atomic E-state index is -0.854. The van der Waals surface area contributed by atoms with Gasteiger partial charge in [0.25, 0.3) is 5.69 Å². The van der Waals surface area contributed by atoms with Gasteiger partial charge in [-0.2, -0.15) is 0 Å². The Labute approximate surface area is 185 Å². The minimum absolute atomic E-state index is 0.0305. The fourth-order valence-corrected chi connectivity index (χ4v) is 3.47. The normalized spacial score (nSPS) is 11.4. The first-order valence-electron chi connectivity index (χ1n) is 9.08. The van der Waals surface area contributed by atoms with Crippen LogP contribution in [0.5, 0.6) is 0 Å². The van der Waals surface area contributed by atoms with Crippen molar-refractivity contribution in [2.45, 2.75) is 19.0 Å². The molecule has 0 aliphatic heterocycles. The summed E-state index contributed by atoms with van der Waals surface area (Å²) in [6.45, 7) is 0.159. The summed E-state index contributed by atoms with van der Waals surface area (Å²) in [6, 6.07) is 13.7. The first-order valence-corrected chi connectivity index (χ1v) is 10.3. The summed E-state index contributed by atoms with van der Waals surface area (Å²) in [7, 11) is 0. The molecule has 0 aliphatic rings. The first kappa shape index (κ1) is 22.1. The predicted octanol–water partition coefficient (Wildman–Crippen LogP) is 3.16. The third-order valence-electron chi connectivity index (χ3n) is 4.18. The molecule has 1 atom stereocenters. The van der Waals surface area contributed by atoms with E-state index < -0.39 is 22.9 Å². The van der Waals surface area contributed by atoms with Gasteiger partial charge in [-0.05, 0) is 23.3 Å². The largest absolute Gasteiger partial charge is 0.350 e. The molecule has 31 heavy (non-hydrogen) atoms. The Balaban J connectivity index is 1.65. The number of carbonyl (C=O) groups excluding carboxylic acids is 2. The van der Waals surface area contributed by atoms with Gasteiger partial charge in [0.15, 0.2) is 3.95 Å². The predicted molar refractivity (Wildman–Crippen MR) is 118 cm³/mol. The SMILES string of the molecule is O=C(Nc1n[nH]c(=S)s1)N[C@@H](Cc1ccccc1)C(=O)NCc1ccc([N+](=O)[O-])cc1. The Bertz CT molecular complexity index is 1110. The number of anilines is 1. The van der Waals surface area contributed by atoms with Gasteiger partial charge < -0.3 is 10.6 Å². The van der Waals surface area contributed by atoms with Crippen molar-refractivity contribution in [1.29, 1.82) is 0 Å². The topological polar surface area (TPSA) is 142 Å². The monoisotopic (exact) mass is 458 g/mol. The molecule has 160 valence electrons. The van der Waals surface area contributed by atoms with Crippen molar-refractivity contribution in [3.63, 3.8) is 0 Å². The van der Waals surface area contributed by atoms with E-state index in [2.05, 4.69) is 26.1 Å². The van der Waals surface area contributed by atoms with Crippen LogP contribution >= 0.6 is 23.6 Å². The van der Waals surface area contributed by atoms with E-state index in [1.54, 1.807) is 12.1 Å². The molecule has 0 fully saturated rings. The van der Waals surface area contributed by atoms with Gasteiger partial charge in [0.2, 0.25) is 11.0 Å². The van der Waals surface area contributed by atoms with E-state index in [-0.39, 0.29) is 23.8 Å². The Morgan fingerprint density at radius 1 is 1.13 bits per heavy atom. The van der Waals surface area contributed by atoms with Gasteiger partial charge in [-0.1, -0.05) is 53.8 Å². The molecule has 1 heterocycles. The van der Waals surface area contributed by atoms with Gasteiger partial charge in [0.1, 0.15) is 6.04 Å². The zero-order valence-corrected chi connectivity index (χ0v) is 17.7. The lowest BCUT2D eigenvalue weighted by Crippen LogP contribution is -2.49. The zero-order valence-electron chi connectivity index (χ0n) is 16.0. The Morgan fingerprint density at radius 3 is 2.45 bits per heavy atom. The van der Waals surface area contributed by atoms with Gasteiger partial charge in [0.05, 0.1) is 4.92 Å². The number of nitrogens with one attached hydrogen (secondary N) is 4. The van der Waals surface area contributed by atoms with E-state index in [1.165, 1.54) is 12.1 Å². The van der Waals surface area contributed by atoms with Crippen LogP contribution in [0.15, 0.2) is 54.6 Å². The maximum Gasteiger partial charge on any atom is 0.321 e. The summed E-state index contributed by atoms with van der Waals surface area (Å²) in [5, 5.41) is 25.4. The zero-order chi connectivity index (χ0) is 22.2. The number of nitro benzene ring substituents is 1. The van der Waals surface area contributed by atoms with Crippen LogP contribution in [-0.4, -0.2) is 33.1 Å². The molecule has 12 heteroatoms. The number of hydrogen-bond donors (Lipinski definition) is 4. The summed E-state index contributed by atoms with van der Waals surface area (Å²) in [5.41, 5.74) is 1.53. The molecule has 0 saturated carbocycles. The summed E-state index contributed by atoms with van der Waals surface area (Å²) in [4.78, 5) is 35.4. The molecule has 0 radical (unpaired) electrons. The van der Waals surface area contributed by atoms with Crippen LogP contribution in [0, 0.1) is 14.1 Å². The molecule has 2 aromatic carbocycles. The quantitative estimate of drug-likeness (QED) is 0.232. The van der Waals surface area contributed by atoms with E-state index in [4.69, 9.17) is 12.2 Å². The van der Waals surface area contributed by atoms with Crippen LogP contribution < -0.4 is 16.0 Å². The standard InChI is InChI=1S/C19H18N6O4S2/c26-16(20-11-13-6-8-14(9-7-13)25(28)29)15(10-12-4-2-1-3-5-12)21-17(27)22-18-23-24-19(30)31-18/h1-9,15H,10-11H2,(H,20,26)(H,24,30)(H2,21,22,23,27)/t15-/m0/s1. The third kappa shape index (κ3) is 6.69. The minimum Gasteiger partial charge on any atom is -0.350 e. The van der Waals surface area contributed by atoms with Crippen molar-refractivity contribution in [1.82, 2.24) is 20.8 Å². The van der Waals surface area contributed by atoms with Crippen LogP contribution in [0.1, 0.15) is 11.1 Å². The molecule has 0 spiro atoms.